The summed E-state index contributed by atoms with van der Waals surface area (Å²) >= 11 is 0. The van der Waals surface area contributed by atoms with Crippen molar-refractivity contribution in [1.82, 2.24) is 14.9 Å². The summed E-state index contributed by atoms with van der Waals surface area (Å²) in [5.41, 5.74) is 2.86. The molecule has 4 heteroatoms. The highest BCUT2D eigenvalue weighted by Gasteiger charge is 2.23. The fourth-order valence-corrected chi connectivity index (χ4v) is 3.18. The molecule has 2 heterocycles. The van der Waals surface area contributed by atoms with Crippen molar-refractivity contribution < 1.29 is 0 Å². The Morgan fingerprint density at radius 3 is 3.00 bits per heavy atom. The summed E-state index contributed by atoms with van der Waals surface area (Å²) in [6.45, 7) is 6.49. The molecule has 1 aromatic carbocycles. The van der Waals surface area contributed by atoms with E-state index in [1.54, 1.807) is 0 Å². The number of anilines is 1. The van der Waals surface area contributed by atoms with Gasteiger partial charge in [-0.2, -0.15) is 0 Å². The zero-order valence-corrected chi connectivity index (χ0v) is 12.7. The molecule has 4 nitrogen and oxygen atoms in total. The molecule has 0 aliphatic carbocycles. The molecule has 0 radical (unpaired) electrons. The maximum Gasteiger partial charge on any atom is 0.0945 e. The molecule has 2 aromatic rings. The normalized spacial score (nSPS) is 17.8. The lowest BCUT2D eigenvalue weighted by atomic mass is 9.96. The predicted octanol–water partition coefficient (Wildman–Crippen LogP) is 2.83. The molecule has 21 heavy (non-hydrogen) atoms. The van der Waals surface area contributed by atoms with Gasteiger partial charge < -0.3 is 14.8 Å². The van der Waals surface area contributed by atoms with Gasteiger partial charge in [0.15, 0.2) is 0 Å². The molecule has 1 aliphatic rings. The second kappa shape index (κ2) is 6.76. The fraction of sp³-hybridized carbons (Fsp3) is 0.471. The quantitative estimate of drug-likeness (QED) is 0.885. The number of fused-ring (bicyclic) bond motifs is 1. The molecular formula is C17H24N4. The van der Waals surface area contributed by atoms with Gasteiger partial charge in [-0.3, -0.25) is 0 Å². The third-order valence-electron chi connectivity index (χ3n) is 4.19. The van der Waals surface area contributed by atoms with Crippen LogP contribution in [0, 0.1) is 0 Å². The molecule has 3 rings (SSSR count). The summed E-state index contributed by atoms with van der Waals surface area (Å²) in [5, 5.41) is 3.60. The van der Waals surface area contributed by atoms with E-state index < -0.39 is 0 Å². The minimum atomic E-state index is 0.510. The molecular weight excluding hydrogens is 260 g/mol. The van der Waals surface area contributed by atoms with Gasteiger partial charge in [-0.05, 0) is 31.0 Å². The Balaban J connectivity index is 1.65. The monoisotopic (exact) mass is 284 g/mol. The van der Waals surface area contributed by atoms with Crippen LogP contribution in [0.15, 0.2) is 43.0 Å². The van der Waals surface area contributed by atoms with Gasteiger partial charge in [0.05, 0.1) is 6.33 Å². The SMILES string of the molecule is CCNC1CCN(CCCn2ccnc2)c2ccccc21. The highest BCUT2D eigenvalue weighted by Crippen LogP contribution is 2.33. The van der Waals surface area contributed by atoms with Crippen molar-refractivity contribution in [2.45, 2.75) is 32.4 Å². The average molecular weight is 284 g/mol. The van der Waals surface area contributed by atoms with Crippen molar-refractivity contribution in [3.63, 3.8) is 0 Å². The molecule has 1 aromatic heterocycles. The molecule has 1 unspecified atom stereocenters. The van der Waals surface area contributed by atoms with Crippen molar-refractivity contribution in [1.29, 1.82) is 0 Å². The molecule has 1 N–H and O–H groups in total. The van der Waals surface area contributed by atoms with Crippen LogP contribution in [0.25, 0.3) is 0 Å². The number of nitrogens with one attached hydrogen (secondary N) is 1. The molecule has 0 spiro atoms. The van der Waals surface area contributed by atoms with Crippen LogP contribution in [0.5, 0.6) is 0 Å². The first kappa shape index (κ1) is 14.1. The van der Waals surface area contributed by atoms with Crippen LogP contribution in [0.4, 0.5) is 5.69 Å². The average Bonchev–Trinajstić information content (AvgIpc) is 3.03. The van der Waals surface area contributed by atoms with Crippen molar-refractivity contribution in [2.24, 2.45) is 0 Å². The largest absolute Gasteiger partial charge is 0.371 e. The molecule has 0 amide bonds. The van der Waals surface area contributed by atoms with E-state index in [0.717, 1.165) is 32.6 Å². The maximum atomic E-state index is 4.10. The summed E-state index contributed by atoms with van der Waals surface area (Å²) in [5.74, 6) is 0. The third-order valence-corrected chi connectivity index (χ3v) is 4.19. The van der Waals surface area contributed by atoms with Crippen LogP contribution in [0.3, 0.4) is 0 Å². The van der Waals surface area contributed by atoms with Crippen LogP contribution < -0.4 is 10.2 Å². The van der Waals surface area contributed by atoms with E-state index in [-0.39, 0.29) is 0 Å². The molecule has 0 fully saturated rings. The summed E-state index contributed by atoms with van der Waals surface area (Å²) in [7, 11) is 0. The second-order valence-corrected chi connectivity index (χ2v) is 5.60. The Bertz CT molecular complexity index is 550. The Hall–Kier alpha value is -1.81. The number of benzene rings is 1. The number of nitrogens with zero attached hydrogens (tertiary/aromatic N) is 3. The Morgan fingerprint density at radius 1 is 1.29 bits per heavy atom. The Kier molecular flexibility index (Phi) is 4.55. The van der Waals surface area contributed by atoms with Crippen molar-refractivity contribution in [2.75, 3.05) is 24.5 Å². The third kappa shape index (κ3) is 3.27. The van der Waals surface area contributed by atoms with E-state index in [4.69, 9.17) is 0 Å². The summed E-state index contributed by atoms with van der Waals surface area (Å²) < 4.78 is 2.15. The Labute approximate surface area is 126 Å². The first-order chi connectivity index (χ1) is 10.4. The van der Waals surface area contributed by atoms with Crippen LogP contribution >= 0.6 is 0 Å². The van der Waals surface area contributed by atoms with Gasteiger partial charge in [-0.15, -0.1) is 0 Å². The second-order valence-electron chi connectivity index (χ2n) is 5.60. The van der Waals surface area contributed by atoms with Gasteiger partial charge in [0.25, 0.3) is 0 Å². The van der Waals surface area contributed by atoms with Gasteiger partial charge in [0.1, 0.15) is 0 Å². The van der Waals surface area contributed by atoms with Gasteiger partial charge in [0.2, 0.25) is 0 Å². The zero-order chi connectivity index (χ0) is 14.5. The van der Waals surface area contributed by atoms with Crippen molar-refractivity contribution >= 4 is 5.69 Å². The molecule has 1 aliphatic heterocycles. The van der Waals surface area contributed by atoms with E-state index in [1.807, 2.05) is 18.7 Å². The predicted molar refractivity (Wildman–Crippen MR) is 86.5 cm³/mol. The lowest BCUT2D eigenvalue weighted by Crippen LogP contribution is -2.36. The summed E-state index contributed by atoms with van der Waals surface area (Å²) in [6.07, 6.45) is 8.11. The summed E-state index contributed by atoms with van der Waals surface area (Å²) in [6, 6.07) is 9.34. The van der Waals surface area contributed by atoms with E-state index >= 15 is 0 Å². The number of hydrogen-bond acceptors (Lipinski definition) is 3. The molecule has 0 saturated carbocycles. The first-order valence-corrected chi connectivity index (χ1v) is 7.91. The smallest absolute Gasteiger partial charge is 0.0945 e. The van der Waals surface area contributed by atoms with Crippen molar-refractivity contribution in [3.8, 4) is 0 Å². The van der Waals surface area contributed by atoms with Gasteiger partial charge in [-0.25, -0.2) is 4.98 Å². The lowest BCUT2D eigenvalue weighted by molar-refractivity contribution is 0.484. The molecule has 1 atom stereocenters. The highest BCUT2D eigenvalue weighted by atomic mass is 15.2. The standard InChI is InChI=1S/C17H24N4/c1-2-19-16-8-12-21(17-7-4-3-6-15(16)17)11-5-10-20-13-9-18-14-20/h3-4,6-7,9,13-14,16,19H,2,5,8,10-12H2,1H3. The summed E-state index contributed by atoms with van der Waals surface area (Å²) in [4.78, 5) is 6.62. The number of aromatic nitrogens is 2. The fourth-order valence-electron chi connectivity index (χ4n) is 3.18. The Morgan fingerprint density at radius 2 is 2.19 bits per heavy atom. The number of rotatable bonds is 6. The minimum Gasteiger partial charge on any atom is -0.371 e. The number of para-hydroxylation sites is 1. The number of aryl methyl sites for hydroxylation is 1. The highest BCUT2D eigenvalue weighted by molar-refractivity contribution is 5.56. The zero-order valence-electron chi connectivity index (χ0n) is 12.7. The molecule has 0 bridgehead atoms. The minimum absolute atomic E-state index is 0.510. The first-order valence-electron chi connectivity index (χ1n) is 7.91. The van der Waals surface area contributed by atoms with Crippen LogP contribution in [0.2, 0.25) is 0 Å². The topological polar surface area (TPSA) is 33.1 Å². The maximum absolute atomic E-state index is 4.10. The van der Waals surface area contributed by atoms with Gasteiger partial charge >= 0.3 is 0 Å². The number of imidazole rings is 1. The van der Waals surface area contributed by atoms with E-state index in [0.29, 0.717) is 6.04 Å². The van der Waals surface area contributed by atoms with Gasteiger partial charge in [-0.1, -0.05) is 25.1 Å². The van der Waals surface area contributed by atoms with Crippen molar-refractivity contribution in [3.05, 3.63) is 48.5 Å². The van der Waals surface area contributed by atoms with Crippen LogP contribution in [-0.4, -0.2) is 29.2 Å². The molecule has 0 saturated heterocycles. The molecule has 112 valence electrons. The van der Waals surface area contributed by atoms with Crippen LogP contribution in [-0.2, 0) is 6.54 Å². The van der Waals surface area contributed by atoms with Gasteiger partial charge in [0, 0.05) is 43.8 Å². The van der Waals surface area contributed by atoms with Crippen LogP contribution in [0.1, 0.15) is 31.4 Å². The lowest BCUT2D eigenvalue weighted by Gasteiger charge is -2.36. The van der Waals surface area contributed by atoms with E-state index in [1.165, 1.54) is 17.7 Å². The van der Waals surface area contributed by atoms with E-state index in [2.05, 4.69) is 51.0 Å². The van der Waals surface area contributed by atoms with E-state index in [9.17, 15) is 0 Å². The number of hydrogen-bond donors (Lipinski definition) is 1.